The molecule has 0 bridgehead atoms. The van der Waals surface area contributed by atoms with Gasteiger partial charge in [0.05, 0.1) is 110 Å². The van der Waals surface area contributed by atoms with Crippen LogP contribution in [0.25, 0.3) is 0 Å². The number of ketones is 2. The molecule has 0 saturated heterocycles. The molecule has 22 nitrogen and oxygen atoms in total. The van der Waals surface area contributed by atoms with E-state index in [1.807, 2.05) is 0 Å². The number of carbonyl (C=O) groups excluding carboxylic acids is 8. The molecular formula is C64H113AlBr5LiO22. The molecule has 6 fully saturated rings. The van der Waals surface area contributed by atoms with Gasteiger partial charge in [0, 0.05) is 53.8 Å². The van der Waals surface area contributed by atoms with Gasteiger partial charge in [-0.3, -0.25) is 19.2 Å². The minimum atomic E-state index is -1.40. The molecular weight excluding hydrogens is 1550 g/mol. The largest absolute Gasteiger partial charge is 1.00 e. The van der Waals surface area contributed by atoms with Crippen molar-refractivity contribution in [3.63, 3.8) is 0 Å². The molecule has 29 heteroatoms. The van der Waals surface area contributed by atoms with Crippen molar-refractivity contribution in [2.24, 2.45) is 65.0 Å². The van der Waals surface area contributed by atoms with Gasteiger partial charge in [-0.05, 0) is 179 Å². The Labute approximate surface area is 618 Å². The second-order valence-corrected chi connectivity index (χ2v) is 29.9. The van der Waals surface area contributed by atoms with Crippen molar-refractivity contribution in [3.05, 3.63) is 0 Å². The van der Waals surface area contributed by atoms with Crippen molar-refractivity contribution >= 4 is 147 Å². The number of esters is 2. The molecule has 0 heterocycles. The van der Waals surface area contributed by atoms with Crippen LogP contribution in [0.15, 0.2) is 0 Å². The van der Waals surface area contributed by atoms with E-state index in [-0.39, 0.29) is 197 Å². The van der Waals surface area contributed by atoms with Crippen LogP contribution in [0.2, 0.25) is 0 Å². The number of hydrogen-bond acceptors (Lipinski definition) is 22. The van der Waals surface area contributed by atoms with Gasteiger partial charge in [-0.15, -0.1) is 17.0 Å². The number of halogens is 5. The van der Waals surface area contributed by atoms with Gasteiger partial charge in [0.15, 0.2) is 22.8 Å². The normalized spacial score (nSPS) is 22.8. The van der Waals surface area contributed by atoms with Crippen LogP contribution in [0.5, 0.6) is 0 Å². The molecule has 0 aromatic heterocycles. The van der Waals surface area contributed by atoms with E-state index in [1.54, 1.807) is 0 Å². The molecule has 0 unspecified atom stereocenters. The summed E-state index contributed by atoms with van der Waals surface area (Å²) >= 11 is 14.6. The zero-order valence-corrected chi connectivity index (χ0v) is 63.0. The van der Waals surface area contributed by atoms with E-state index in [4.69, 9.17) is 9.47 Å². The predicted octanol–water partition coefficient (Wildman–Crippen LogP) is 1.52. The summed E-state index contributed by atoms with van der Waals surface area (Å²) in [7, 11) is 2.40. The Hall–Kier alpha value is 0.00987. The van der Waals surface area contributed by atoms with Gasteiger partial charge in [0.25, 0.3) is 0 Å². The van der Waals surface area contributed by atoms with Crippen LogP contribution in [0.4, 0.5) is 0 Å². The molecule has 6 saturated carbocycles. The maximum atomic E-state index is 11.9. The predicted molar refractivity (Wildman–Crippen MR) is 371 cm³/mol. The van der Waals surface area contributed by atoms with Gasteiger partial charge in [-0.2, -0.15) is 0 Å². The quantitative estimate of drug-likeness (QED) is 0.0214. The van der Waals surface area contributed by atoms with Crippen LogP contribution in [-0.4, -0.2) is 242 Å². The Balaban J connectivity index is -0.000000515. The van der Waals surface area contributed by atoms with Crippen molar-refractivity contribution < 1.29 is 129 Å². The number of ether oxygens (including phenoxy) is 2. The van der Waals surface area contributed by atoms with Crippen LogP contribution < -0.4 is 18.9 Å². The fraction of sp³-hybridized carbons (Fsp3) is 0.875. The zero-order valence-electron chi connectivity index (χ0n) is 56.0. The summed E-state index contributed by atoms with van der Waals surface area (Å²) in [5, 5.41) is 115. The van der Waals surface area contributed by atoms with E-state index in [1.165, 1.54) is 53.8 Å². The third kappa shape index (κ3) is 25.2. The number of Topliss-reactive ketones (excluding diaryl/α,β-unsaturated/α-hetero) is 2. The minimum Gasteiger partial charge on any atom is -1.00 e. The standard InChI is InChI=1S/C14H20O6.C10H16Br4.3C10H20O4.C10H12O4.Al.BrH.Li.4H/c1-9(15)13(10(2)16)5-7-14(8-6-13,11(17)19-3)12(18)20-4;5*11-5-9(6-12)1-2-10(7-13,8-14)4-3-9;;;;;;;/h5-8H2,1-4H3;1-8H2;3*11-14H,1-8H2;5-8H,1-4H2;;1H;;;;;/q;;;;;;;;+1;;;;-1. The van der Waals surface area contributed by atoms with Gasteiger partial charge in [-0.25, -0.2) is 0 Å². The summed E-state index contributed by atoms with van der Waals surface area (Å²) < 4.78 is 9.39. The van der Waals surface area contributed by atoms with E-state index in [0.29, 0.717) is 113 Å². The fourth-order valence-electron chi connectivity index (χ4n) is 12.7. The molecule has 6 aliphatic carbocycles. The Morgan fingerprint density at radius 2 is 0.473 bits per heavy atom. The molecule has 0 aromatic carbocycles. The molecule has 0 atom stereocenters. The van der Waals surface area contributed by atoms with Gasteiger partial charge < -0.3 is 91.4 Å². The number of aldehydes is 4. The summed E-state index contributed by atoms with van der Waals surface area (Å²) in [6.45, 7) is 2.52. The van der Waals surface area contributed by atoms with Crippen LogP contribution in [0, 0.1) is 65.0 Å². The van der Waals surface area contributed by atoms with Crippen LogP contribution in [0.3, 0.4) is 0 Å². The van der Waals surface area contributed by atoms with Gasteiger partial charge in [0.2, 0.25) is 0 Å². The van der Waals surface area contributed by atoms with E-state index in [2.05, 4.69) is 63.7 Å². The molecule has 12 N–H and O–H groups in total. The summed E-state index contributed by atoms with van der Waals surface area (Å²) in [6, 6.07) is 0. The fourth-order valence-corrected chi connectivity index (χ4v) is 16.8. The van der Waals surface area contributed by atoms with Crippen molar-refractivity contribution in [3.8, 4) is 0 Å². The van der Waals surface area contributed by atoms with Gasteiger partial charge in [-0.1, -0.05) is 63.7 Å². The Morgan fingerprint density at radius 1 is 0.323 bits per heavy atom. The van der Waals surface area contributed by atoms with Crippen molar-refractivity contribution in [1.82, 2.24) is 0 Å². The van der Waals surface area contributed by atoms with Crippen LogP contribution >= 0.6 is 80.7 Å². The molecule has 93 heavy (non-hydrogen) atoms. The number of rotatable bonds is 24. The average Bonchev–Trinajstić information content (AvgIpc) is 0.794. The number of hydrogen-bond donors (Lipinski definition) is 12. The molecule has 0 aromatic rings. The first-order valence-corrected chi connectivity index (χ1v) is 35.6. The number of carbonyl (C=O) groups is 8. The first-order chi connectivity index (χ1) is 42.5. The maximum Gasteiger partial charge on any atom is 1.00 e. The summed E-state index contributed by atoms with van der Waals surface area (Å²) in [6.07, 6.45) is 17.5. The monoisotopic (exact) mass is 1660 g/mol. The van der Waals surface area contributed by atoms with E-state index in [0.717, 1.165) is 21.3 Å². The molecule has 0 aliphatic heterocycles. The Bertz CT molecular complexity index is 1830. The van der Waals surface area contributed by atoms with Crippen LogP contribution in [0.1, 0.15) is 169 Å². The molecule has 0 radical (unpaired) electrons. The van der Waals surface area contributed by atoms with Crippen molar-refractivity contribution in [2.75, 3.05) is 115 Å². The average molecular weight is 1670 g/mol. The number of aliphatic hydroxyl groups excluding tert-OH is 12. The summed E-state index contributed by atoms with van der Waals surface area (Å²) in [5.74, 6) is -1.81. The van der Waals surface area contributed by atoms with Crippen molar-refractivity contribution in [1.29, 1.82) is 0 Å². The smallest absolute Gasteiger partial charge is 1.00 e. The van der Waals surface area contributed by atoms with Gasteiger partial charge in [0.1, 0.15) is 36.7 Å². The third-order valence-electron chi connectivity index (χ3n) is 22.2. The molecule has 6 aliphatic rings. The van der Waals surface area contributed by atoms with E-state index in [9.17, 15) is 99.6 Å². The third-order valence-corrected chi connectivity index (χ3v) is 26.9. The van der Waals surface area contributed by atoms with E-state index < -0.39 is 66.1 Å². The van der Waals surface area contributed by atoms with Crippen molar-refractivity contribution in [2.45, 2.75) is 168 Å². The van der Waals surface area contributed by atoms with Gasteiger partial charge >= 0.3 is 30.8 Å². The number of aliphatic hydroxyl groups is 12. The first kappa shape index (κ1) is 97.2. The number of alkyl halides is 4. The summed E-state index contributed by atoms with van der Waals surface area (Å²) in [5.41, 5.74) is -5.78. The molecule has 6 rings (SSSR count). The second-order valence-electron chi connectivity index (χ2n) is 27.6. The van der Waals surface area contributed by atoms with E-state index >= 15 is 0 Å². The Morgan fingerprint density at radius 3 is 0.591 bits per heavy atom. The second kappa shape index (κ2) is 45.1. The number of methoxy groups -OCH3 is 2. The molecule has 540 valence electrons. The molecule has 0 spiro atoms. The van der Waals surface area contributed by atoms with Crippen LogP contribution in [-0.2, 0) is 47.8 Å². The first-order valence-electron chi connectivity index (χ1n) is 31.1. The topological polar surface area (TPSA) is 398 Å². The minimum absolute atomic E-state index is 0. The maximum absolute atomic E-state index is 11.9. The SMILES string of the molecule is Br.BrCC1(CBr)CCC(CBr)(CBr)CC1.COC(=O)C1(C(=O)OC)CCC(C(C)=O)(C(C)=O)CC1.O=CC1(C=O)CCC(C=O)(C=O)CC1.OCC1(CO)CCC(CO)(CO)CC1.OCC1(CO)CCC(CO)(CO)CC1.OCC1(CO)CCC(CO)(CO)CC1.[AlH3].[H-].[Li+]. The zero-order chi connectivity index (χ0) is 68.8. The Kier molecular flexibility index (Phi) is 47.1. The summed E-state index contributed by atoms with van der Waals surface area (Å²) in [4.78, 5) is 90.3. The molecule has 0 amide bonds.